The molecular formula is C8H8N4O2. The third-order valence-electron chi connectivity index (χ3n) is 1.76. The van der Waals surface area contributed by atoms with E-state index >= 15 is 0 Å². The van der Waals surface area contributed by atoms with Crippen molar-refractivity contribution in [3.8, 4) is 0 Å². The van der Waals surface area contributed by atoms with Crippen LogP contribution in [0, 0.1) is 0 Å². The van der Waals surface area contributed by atoms with Crippen molar-refractivity contribution in [2.45, 2.75) is 6.17 Å². The van der Waals surface area contributed by atoms with Crippen LogP contribution < -0.4 is 16.0 Å². The molecule has 6 nitrogen and oxygen atoms in total. The monoisotopic (exact) mass is 192 g/mol. The van der Waals surface area contributed by atoms with E-state index in [1.165, 1.54) is 0 Å². The van der Waals surface area contributed by atoms with Crippen LogP contribution >= 0.6 is 0 Å². The van der Waals surface area contributed by atoms with Gasteiger partial charge >= 0.3 is 12.1 Å². The fourth-order valence-electron chi connectivity index (χ4n) is 1.17. The Bertz CT molecular complexity index is 349. The molecule has 1 aromatic rings. The van der Waals surface area contributed by atoms with Crippen molar-refractivity contribution in [2.24, 2.45) is 0 Å². The Hall–Kier alpha value is -2.11. The quantitative estimate of drug-likeness (QED) is 0.590. The highest BCUT2D eigenvalue weighted by atomic mass is 16.2. The Kier molecular flexibility index (Phi) is 2.02. The summed E-state index contributed by atoms with van der Waals surface area (Å²) >= 11 is 0. The topological polar surface area (TPSA) is 83.1 Å². The number of hydrogen-bond acceptors (Lipinski definition) is 3. The van der Waals surface area contributed by atoms with Gasteiger partial charge in [-0.25, -0.2) is 9.59 Å². The van der Waals surface area contributed by atoms with E-state index in [2.05, 4.69) is 20.9 Å². The van der Waals surface area contributed by atoms with Gasteiger partial charge in [0.2, 0.25) is 0 Å². The molecule has 1 saturated heterocycles. The Labute approximate surface area is 79.7 Å². The normalized spacial score (nSPS) is 16.9. The van der Waals surface area contributed by atoms with Crippen LogP contribution in [0.2, 0.25) is 0 Å². The van der Waals surface area contributed by atoms with Crippen LogP contribution in [0.15, 0.2) is 24.4 Å². The fraction of sp³-hybridized carbons (Fsp3) is 0.125. The smallest absolute Gasteiger partial charge is 0.312 e. The maximum Gasteiger partial charge on any atom is 0.324 e. The van der Waals surface area contributed by atoms with Gasteiger partial charge in [-0.15, -0.1) is 0 Å². The molecular weight excluding hydrogens is 184 g/mol. The molecule has 0 aliphatic carbocycles. The molecule has 14 heavy (non-hydrogen) atoms. The van der Waals surface area contributed by atoms with Gasteiger partial charge in [-0.2, -0.15) is 0 Å². The maximum absolute atomic E-state index is 10.9. The lowest BCUT2D eigenvalue weighted by atomic mass is 10.3. The zero-order chi connectivity index (χ0) is 9.97. The SMILES string of the molecule is O=C1NC(=O)NC(c2ccccn2)N1. The molecule has 0 unspecified atom stereocenters. The Balaban J connectivity index is 2.19. The molecule has 4 amide bonds. The molecule has 3 N–H and O–H groups in total. The van der Waals surface area contributed by atoms with Crippen molar-refractivity contribution < 1.29 is 9.59 Å². The van der Waals surface area contributed by atoms with Gasteiger partial charge in [-0.1, -0.05) is 6.07 Å². The summed E-state index contributed by atoms with van der Waals surface area (Å²) in [5.74, 6) is 0. The maximum atomic E-state index is 10.9. The number of pyridine rings is 1. The summed E-state index contributed by atoms with van der Waals surface area (Å²) in [6.07, 6.45) is 1.04. The summed E-state index contributed by atoms with van der Waals surface area (Å²) in [5, 5.41) is 7.09. The molecule has 0 bridgehead atoms. The highest BCUT2D eigenvalue weighted by Crippen LogP contribution is 2.07. The number of amides is 4. The molecule has 0 spiro atoms. The molecule has 0 radical (unpaired) electrons. The Morgan fingerprint density at radius 1 is 1.14 bits per heavy atom. The van der Waals surface area contributed by atoms with Gasteiger partial charge in [-0.05, 0) is 12.1 Å². The van der Waals surface area contributed by atoms with Crippen molar-refractivity contribution in [2.75, 3.05) is 0 Å². The number of hydrogen-bond donors (Lipinski definition) is 3. The third-order valence-corrected chi connectivity index (χ3v) is 1.76. The van der Waals surface area contributed by atoms with Crippen molar-refractivity contribution in [1.82, 2.24) is 20.9 Å². The second-order valence-electron chi connectivity index (χ2n) is 2.76. The van der Waals surface area contributed by atoms with Gasteiger partial charge in [0.15, 0.2) is 0 Å². The van der Waals surface area contributed by atoms with E-state index in [0.717, 1.165) is 0 Å². The molecule has 0 saturated carbocycles. The van der Waals surface area contributed by atoms with E-state index in [0.29, 0.717) is 5.69 Å². The van der Waals surface area contributed by atoms with E-state index in [4.69, 9.17) is 0 Å². The van der Waals surface area contributed by atoms with Gasteiger partial charge < -0.3 is 10.6 Å². The van der Waals surface area contributed by atoms with Crippen LogP contribution in [-0.2, 0) is 0 Å². The lowest BCUT2D eigenvalue weighted by Crippen LogP contribution is -2.57. The van der Waals surface area contributed by atoms with Gasteiger partial charge in [-0.3, -0.25) is 10.3 Å². The number of nitrogens with zero attached hydrogens (tertiary/aromatic N) is 1. The molecule has 2 rings (SSSR count). The predicted molar refractivity (Wildman–Crippen MR) is 47.2 cm³/mol. The van der Waals surface area contributed by atoms with Crippen LogP contribution in [0.4, 0.5) is 9.59 Å². The van der Waals surface area contributed by atoms with Crippen molar-refractivity contribution in [3.63, 3.8) is 0 Å². The number of carbonyl (C=O) groups excluding carboxylic acids is 2. The second-order valence-corrected chi connectivity index (χ2v) is 2.76. The highest BCUT2D eigenvalue weighted by Gasteiger charge is 2.24. The van der Waals surface area contributed by atoms with Gasteiger partial charge in [0, 0.05) is 6.20 Å². The van der Waals surface area contributed by atoms with Gasteiger partial charge in [0.25, 0.3) is 0 Å². The summed E-state index contributed by atoms with van der Waals surface area (Å²) in [7, 11) is 0. The molecule has 1 aliphatic rings. The summed E-state index contributed by atoms with van der Waals surface area (Å²) in [4.78, 5) is 25.9. The standard InChI is InChI=1S/C8H8N4O2/c13-7-10-6(11-8(14)12-7)5-3-1-2-4-9-5/h1-4,6H,(H3,10,11,12,13,14). The van der Waals surface area contributed by atoms with E-state index in [-0.39, 0.29) is 0 Å². The van der Waals surface area contributed by atoms with E-state index in [1.54, 1.807) is 24.4 Å². The first-order chi connectivity index (χ1) is 6.75. The predicted octanol–water partition coefficient (Wildman–Crippen LogP) is 0.103. The first-order valence-corrected chi connectivity index (χ1v) is 4.04. The molecule has 1 aliphatic heterocycles. The van der Waals surface area contributed by atoms with Crippen LogP contribution in [0.25, 0.3) is 0 Å². The summed E-state index contributed by atoms with van der Waals surface area (Å²) in [6.45, 7) is 0. The second kappa shape index (κ2) is 3.33. The summed E-state index contributed by atoms with van der Waals surface area (Å²) in [5.41, 5.74) is 0.593. The average Bonchev–Trinajstić information content (AvgIpc) is 2.18. The minimum absolute atomic E-state index is 0.524. The fourth-order valence-corrected chi connectivity index (χ4v) is 1.17. The van der Waals surface area contributed by atoms with Crippen LogP contribution in [0.3, 0.4) is 0 Å². The van der Waals surface area contributed by atoms with Crippen LogP contribution in [0.1, 0.15) is 11.9 Å². The van der Waals surface area contributed by atoms with E-state index < -0.39 is 18.2 Å². The zero-order valence-corrected chi connectivity index (χ0v) is 7.15. The van der Waals surface area contributed by atoms with Gasteiger partial charge in [0.1, 0.15) is 6.17 Å². The lowest BCUT2D eigenvalue weighted by molar-refractivity contribution is 0.209. The highest BCUT2D eigenvalue weighted by molar-refractivity contribution is 5.95. The Morgan fingerprint density at radius 2 is 1.86 bits per heavy atom. The molecule has 6 heteroatoms. The van der Waals surface area contributed by atoms with E-state index in [9.17, 15) is 9.59 Å². The minimum atomic E-state index is -0.558. The molecule has 72 valence electrons. The zero-order valence-electron chi connectivity index (χ0n) is 7.15. The van der Waals surface area contributed by atoms with Crippen molar-refractivity contribution in [3.05, 3.63) is 30.1 Å². The largest absolute Gasteiger partial charge is 0.324 e. The average molecular weight is 192 g/mol. The first-order valence-electron chi connectivity index (χ1n) is 4.04. The van der Waals surface area contributed by atoms with E-state index in [1.807, 2.05) is 0 Å². The minimum Gasteiger partial charge on any atom is -0.312 e. The number of rotatable bonds is 1. The molecule has 1 fully saturated rings. The van der Waals surface area contributed by atoms with Crippen molar-refractivity contribution in [1.29, 1.82) is 0 Å². The van der Waals surface area contributed by atoms with Crippen LogP contribution in [-0.4, -0.2) is 17.0 Å². The first kappa shape index (κ1) is 8.49. The summed E-state index contributed by atoms with van der Waals surface area (Å²) < 4.78 is 0. The summed E-state index contributed by atoms with van der Waals surface area (Å²) in [6, 6.07) is 4.21. The number of nitrogens with one attached hydrogen (secondary N) is 3. The van der Waals surface area contributed by atoms with Crippen LogP contribution in [0.5, 0.6) is 0 Å². The van der Waals surface area contributed by atoms with Crippen molar-refractivity contribution >= 4 is 12.1 Å². The Morgan fingerprint density at radius 3 is 2.43 bits per heavy atom. The number of urea groups is 2. The molecule has 0 atom stereocenters. The van der Waals surface area contributed by atoms with Gasteiger partial charge in [0.05, 0.1) is 5.69 Å². The third kappa shape index (κ3) is 1.63. The molecule has 0 aromatic carbocycles. The number of aromatic nitrogens is 1. The number of imide groups is 1. The molecule has 1 aromatic heterocycles. The number of carbonyl (C=O) groups is 2. The molecule has 2 heterocycles. The lowest BCUT2D eigenvalue weighted by Gasteiger charge is -2.24.